The van der Waals surface area contributed by atoms with Gasteiger partial charge in [-0.3, -0.25) is 0 Å². The Morgan fingerprint density at radius 3 is 2.83 bits per heavy atom. The van der Waals surface area contributed by atoms with E-state index in [4.69, 9.17) is 10.8 Å². The smallest absolute Gasteiger partial charge is 0.337 e. The van der Waals surface area contributed by atoms with E-state index in [-0.39, 0.29) is 5.56 Å². The van der Waals surface area contributed by atoms with Crippen LogP contribution in [0.4, 0.5) is 11.4 Å². The highest BCUT2D eigenvalue weighted by Gasteiger charge is 2.10. The molecule has 1 aromatic carbocycles. The van der Waals surface area contributed by atoms with Crippen LogP contribution in [0.1, 0.15) is 21.5 Å². The molecule has 1 heterocycles. The average molecular weight is 262 g/mol. The van der Waals surface area contributed by atoms with Crippen LogP contribution in [0, 0.1) is 6.92 Å². The van der Waals surface area contributed by atoms with Crippen molar-refractivity contribution >= 4 is 28.7 Å². The summed E-state index contributed by atoms with van der Waals surface area (Å²) in [5.74, 6) is -0.959. The summed E-state index contributed by atoms with van der Waals surface area (Å²) in [5.41, 5.74) is 9.37. The number of rotatable bonds is 4. The van der Waals surface area contributed by atoms with Crippen molar-refractivity contribution in [3.8, 4) is 0 Å². The lowest BCUT2D eigenvalue weighted by atomic mass is 10.1. The van der Waals surface area contributed by atoms with E-state index in [2.05, 4.69) is 16.1 Å². The largest absolute Gasteiger partial charge is 0.478 e. The van der Waals surface area contributed by atoms with Crippen LogP contribution in [0.5, 0.6) is 0 Å². The molecule has 0 unspecified atom stereocenters. The molecule has 0 aliphatic carbocycles. The molecule has 2 rings (SSSR count). The third-order valence-electron chi connectivity index (χ3n) is 2.70. The second kappa shape index (κ2) is 5.10. The van der Waals surface area contributed by atoms with Gasteiger partial charge in [0.05, 0.1) is 11.3 Å². The summed E-state index contributed by atoms with van der Waals surface area (Å²) in [4.78, 5) is 11.1. The van der Waals surface area contributed by atoms with Crippen LogP contribution < -0.4 is 11.1 Å². The van der Waals surface area contributed by atoms with Crippen molar-refractivity contribution in [1.82, 2.24) is 0 Å². The zero-order valence-corrected chi connectivity index (χ0v) is 10.8. The average Bonchev–Trinajstić information content (AvgIpc) is 2.72. The maximum atomic E-state index is 11.1. The first-order valence-electron chi connectivity index (χ1n) is 5.46. The first-order chi connectivity index (χ1) is 8.58. The van der Waals surface area contributed by atoms with E-state index in [0.717, 1.165) is 0 Å². The maximum Gasteiger partial charge on any atom is 0.337 e. The molecule has 2 aromatic rings. The van der Waals surface area contributed by atoms with Crippen molar-refractivity contribution in [1.29, 1.82) is 0 Å². The summed E-state index contributed by atoms with van der Waals surface area (Å²) < 4.78 is 0. The molecule has 0 aliphatic rings. The molecule has 0 aliphatic heterocycles. The standard InChI is InChI=1S/C13H14N2O2S/c1-8-6-18-7-9(8)5-15-12-4-10(14)2-3-11(12)13(16)17/h2-4,6-7,15H,5,14H2,1H3,(H,16,17). The fraction of sp³-hybridized carbons (Fsp3) is 0.154. The number of carboxylic acids is 1. The molecule has 1 aromatic heterocycles. The monoisotopic (exact) mass is 262 g/mol. The van der Waals surface area contributed by atoms with Gasteiger partial charge in [-0.1, -0.05) is 0 Å². The number of carbonyl (C=O) groups is 1. The van der Waals surface area contributed by atoms with E-state index >= 15 is 0 Å². The highest BCUT2D eigenvalue weighted by molar-refractivity contribution is 7.08. The van der Waals surface area contributed by atoms with Gasteiger partial charge in [0.15, 0.2) is 0 Å². The fourth-order valence-electron chi connectivity index (χ4n) is 1.65. The molecule has 4 nitrogen and oxygen atoms in total. The third-order valence-corrected chi connectivity index (χ3v) is 3.62. The summed E-state index contributed by atoms with van der Waals surface area (Å²) in [6.07, 6.45) is 0. The van der Waals surface area contributed by atoms with Crippen LogP contribution in [-0.2, 0) is 6.54 Å². The quantitative estimate of drug-likeness (QED) is 0.740. The van der Waals surface area contributed by atoms with Crippen LogP contribution >= 0.6 is 11.3 Å². The Morgan fingerprint density at radius 1 is 1.44 bits per heavy atom. The Morgan fingerprint density at radius 2 is 2.22 bits per heavy atom. The van der Waals surface area contributed by atoms with E-state index in [1.54, 1.807) is 23.5 Å². The minimum Gasteiger partial charge on any atom is -0.478 e. The van der Waals surface area contributed by atoms with E-state index in [9.17, 15) is 4.79 Å². The summed E-state index contributed by atoms with van der Waals surface area (Å²) in [6, 6.07) is 4.75. The summed E-state index contributed by atoms with van der Waals surface area (Å²) in [7, 11) is 0. The Bertz CT molecular complexity index is 578. The highest BCUT2D eigenvalue weighted by atomic mass is 32.1. The van der Waals surface area contributed by atoms with Gasteiger partial charge < -0.3 is 16.2 Å². The second-order valence-corrected chi connectivity index (χ2v) is 4.79. The van der Waals surface area contributed by atoms with Gasteiger partial charge in [0.2, 0.25) is 0 Å². The molecule has 4 N–H and O–H groups in total. The first kappa shape index (κ1) is 12.4. The van der Waals surface area contributed by atoms with Crippen LogP contribution in [0.25, 0.3) is 0 Å². The predicted molar refractivity (Wildman–Crippen MR) is 74.2 cm³/mol. The van der Waals surface area contributed by atoms with Crippen LogP contribution in [0.15, 0.2) is 29.0 Å². The van der Waals surface area contributed by atoms with Gasteiger partial charge in [-0.2, -0.15) is 11.3 Å². The SMILES string of the molecule is Cc1cscc1CNc1cc(N)ccc1C(=O)O. The number of nitrogens with one attached hydrogen (secondary N) is 1. The molecular formula is C13H14N2O2S. The summed E-state index contributed by atoms with van der Waals surface area (Å²) >= 11 is 1.63. The summed E-state index contributed by atoms with van der Waals surface area (Å²) in [6.45, 7) is 2.63. The van der Waals surface area contributed by atoms with Crippen LogP contribution in [0.2, 0.25) is 0 Å². The van der Waals surface area contributed by atoms with Crippen LogP contribution in [-0.4, -0.2) is 11.1 Å². The highest BCUT2D eigenvalue weighted by Crippen LogP contribution is 2.21. The normalized spacial score (nSPS) is 10.3. The number of nitrogens with two attached hydrogens (primary N) is 1. The molecule has 0 bridgehead atoms. The van der Waals surface area contributed by atoms with Gasteiger partial charge in [-0.15, -0.1) is 0 Å². The fourth-order valence-corrected chi connectivity index (χ4v) is 2.51. The molecule has 0 amide bonds. The van der Waals surface area contributed by atoms with E-state index in [0.29, 0.717) is 17.9 Å². The van der Waals surface area contributed by atoms with Crippen molar-refractivity contribution in [2.75, 3.05) is 11.1 Å². The Balaban J connectivity index is 2.20. The molecule has 0 saturated heterocycles. The van der Waals surface area contributed by atoms with E-state index < -0.39 is 5.97 Å². The van der Waals surface area contributed by atoms with E-state index in [1.165, 1.54) is 17.2 Å². The van der Waals surface area contributed by atoms with E-state index in [1.807, 2.05) is 6.92 Å². The minimum absolute atomic E-state index is 0.233. The number of aryl methyl sites for hydroxylation is 1. The molecule has 5 heteroatoms. The van der Waals surface area contributed by atoms with Gasteiger partial charge in [-0.25, -0.2) is 4.79 Å². The third kappa shape index (κ3) is 2.62. The number of carboxylic acid groups (broad SMARTS) is 1. The molecule has 0 atom stereocenters. The lowest BCUT2D eigenvalue weighted by Crippen LogP contribution is -2.07. The lowest BCUT2D eigenvalue weighted by molar-refractivity contribution is 0.0698. The Labute approximate surface area is 109 Å². The second-order valence-electron chi connectivity index (χ2n) is 4.04. The number of benzene rings is 1. The molecule has 0 spiro atoms. The number of hydrogen-bond donors (Lipinski definition) is 3. The van der Waals surface area contributed by atoms with Gasteiger partial charge in [-0.05, 0) is 47.0 Å². The number of anilines is 2. The minimum atomic E-state index is -0.959. The molecule has 0 radical (unpaired) electrons. The van der Waals surface area contributed by atoms with Crippen molar-refractivity contribution in [2.45, 2.75) is 13.5 Å². The summed E-state index contributed by atoms with van der Waals surface area (Å²) in [5, 5.41) is 16.3. The van der Waals surface area contributed by atoms with Gasteiger partial charge in [0.1, 0.15) is 0 Å². The Hall–Kier alpha value is -2.01. The van der Waals surface area contributed by atoms with Crippen molar-refractivity contribution in [3.63, 3.8) is 0 Å². The Kier molecular flexibility index (Phi) is 3.53. The number of aromatic carboxylic acids is 1. The molecule has 94 valence electrons. The van der Waals surface area contributed by atoms with Crippen molar-refractivity contribution in [3.05, 3.63) is 45.6 Å². The van der Waals surface area contributed by atoms with Gasteiger partial charge in [0.25, 0.3) is 0 Å². The molecular weight excluding hydrogens is 248 g/mol. The number of nitrogen functional groups attached to an aromatic ring is 1. The zero-order chi connectivity index (χ0) is 13.1. The van der Waals surface area contributed by atoms with Crippen molar-refractivity contribution < 1.29 is 9.90 Å². The van der Waals surface area contributed by atoms with Gasteiger partial charge >= 0.3 is 5.97 Å². The zero-order valence-electron chi connectivity index (χ0n) is 9.93. The predicted octanol–water partition coefficient (Wildman–Crippen LogP) is 2.95. The molecule has 0 saturated carbocycles. The number of thiophene rings is 1. The lowest BCUT2D eigenvalue weighted by Gasteiger charge is -2.10. The number of hydrogen-bond acceptors (Lipinski definition) is 4. The van der Waals surface area contributed by atoms with Crippen molar-refractivity contribution in [2.24, 2.45) is 0 Å². The molecule has 0 fully saturated rings. The topological polar surface area (TPSA) is 75.3 Å². The van der Waals surface area contributed by atoms with Gasteiger partial charge in [0, 0.05) is 12.2 Å². The first-order valence-corrected chi connectivity index (χ1v) is 6.40. The maximum absolute atomic E-state index is 11.1. The molecule has 18 heavy (non-hydrogen) atoms. The van der Waals surface area contributed by atoms with Crippen LogP contribution in [0.3, 0.4) is 0 Å².